The number of hydrogen-bond acceptors (Lipinski definition) is 5. The molecule has 1 aromatic heterocycles. The Morgan fingerprint density at radius 3 is 2.45 bits per heavy atom. The largest absolute Gasteiger partial charge is 0.441 e. The smallest absolute Gasteiger partial charge is 0.255 e. The van der Waals surface area contributed by atoms with Crippen LogP contribution in [0.15, 0.2) is 82.1 Å². The number of aryl methyl sites for hydroxylation is 1. The van der Waals surface area contributed by atoms with Crippen LogP contribution in [0.25, 0.3) is 11.1 Å². The molecule has 3 aromatic carbocycles. The van der Waals surface area contributed by atoms with Crippen LogP contribution in [0.4, 0.5) is 5.69 Å². The quantitative estimate of drug-likeness (QED) is 0.379. The van der Waals surface area contributed by atoms with Crippen molar-refractivity contribution in [3.63, 3.8) is 0 Å². The van der Waals surface area contributed by atoms with Crippen molar-refractivity contribution >= 4 is 32.7 Å². The van der Waals surface area contributed by atoms with Crippen LogP contribution in [0, 0.1) is 0 Å². The molecule has 0 unspecified atom stereocenters. The molecular formula is C25H25N3O4S. The number of carbonyl (C=O) groups excluding carboxylic acids is 1. The summed E-state index contributed by atoms with van der Waals surface area (Å²) in [5, 5.41) is 2.83. The summed E-state index contributed by atoms with van der Waals surface area (Å²) in [6.45, 7) is 2.23. The number of carbonyl (C=O) groups is 1. The number of anilines is 1. The number of nitrogens with zero attached hydrogens (tertiary/aromatic N) is 1. The van der Waals surface area contributed by atoms with Gasteiger partial charge >= 0.3 is 0 Å². The number of fused-ring (bicyclic) bond motifs is 1. The fraction of sp³-hybridized carbons (Fsp3) is 0.200. The number of para-hydroxylation sites is 1. The Morgan fingerprint density at radius 1 is 0.970 bits per heavy atom. The molecule has 0 saturated heterocycles. The summed E-state index contributed by atoms with van der Waals surface area (Å²) >= 11 is 0. The minimum Gasteiger partial charge on any atom is -0.441 e. The molecule has 0 aliphatic heterocycles. The third kappa shape index (κ3) is 5.66. The number of benzene rings is 3. The maximum absolute atomic E-state index is 12.5. The average molecular weight is 464 g/mol. The van der Waals surface area contributed by atoms with Gasteiger partial charge in [0, 0.05) is 24.2 Å². The molecule has 0 bridgehead atoms. The predicted molar refractivity (Wildman–Crippen MR) is 128 cm³/mol. The molecule has 0 spiro atoms. The maximum Gasteiger partial charge on any atom is 0.255 e. The van der Waals surface area contributed by atoms with Crippen LogP contribution in [0.2, 0.25) is 0 Å². The van der Waals surface area contributed by atoms with Gasteiger partial charge in [-0.3, -0.25) is 4.79 Å². The highest BCUT2D eigenvalue weighted by molar-refractivity contribution is 7.89. The highest BCUT2D eigenvalue weighted by Gasteiger charge is 2.15. The zero-order valence-corrected chi connectivity index (χ0v) is 19.1. The van der Waals surface area contributed by atoms with Crippen molar-refractivity contribution in [2.45, 2.75) is 31.1 Å². The van der Waals surface area contributed by atoms with Crippen LogP contribution in [0.5, 0.6) is 0 Å². The van der Waals surface area contributed by atoms with Crippen LogP contribution in [0.1, 0.15) is 35.2 Å². The van der Waals surface area contributed by atoms with E-state index >= 15 is 0 Å². The van der Waals surface area contributed by atoms with Gasteiger partial charge in [0.2, 0.25) is 10.0 Å². The van der Waals surface area contributed by atoms with Crippen LogP contribution in [-0.4, -0.2) is 25.9 Å². The van der Waals surface area contributed by atoms with Crippen molar-refractivity contribution in [1.82, 2.24) is 9.71 Å². The zero-order valence-electron chi connectivity index (χ0n) is 18.2. The molecule has 8 heteroatoms. The number of amides is 1. The normalized spacial score (nSPS) is 11.5. The van der Waals surface area contributed by atoms with E-state index in [4.69, 9.17) is 4.42 Å². The predicted octanol–water partition coefficient (Wildman–Crippen LogP) is 4.55. The van der Waals surface area contributed by atoms with E-state index in [9.17, 15) is 13.2 Å². The van der Waals surface area contributed by atoms with Gasteiger partial charge in [-0.1, -0.05) is 43.7 Å². The van der Waals surface area contributed by atoms with Crippen LogP contribution < -0.4 is 10.0 Å². The molecule has 0 aliphatic carbocycles. The van der Waals surface area contributed by atoms with Gasteiger partial charge in [-0.15, -0.1) is 0 Å². The lowest BCUT2D eigenvalue weighted by Gasteiger charge is -2.06. The third-order valence-electron chi connectivity index (χ3n) is 5.13. The lowest BCUT2D eigenvalue weighted by molar-refractivity contribution is 0.102. The minimum absolute atomic E-state index is 0.146. The Bertz CT molecular complexity index is 1350. The van der Waals surface area contributed by atoms with Gasteiger partial charge in [0.15, 0.2) is 11.5 Å². The maximum atomic E-state index is 12.5. The molecule has 33 heavy (non-hydrogen) atoms. The van der Waals surface area contributed by atoms with Gasteiger partial charge in [0.05, 0.1) is 4.90 Å². The first-order chi connectivity index (χ1) is 15.9. The van der Waals surface area contributed by atoms with E-state index in [0.29, 0.717) is 28.2 Å². The van der Waals surface area contributed by atoms with E-state index in [1.165, 1.54) is 0 Å². The van der Waals surface area contributed by atoms with E-state index in [2.05, 4.69) is 21.9 Å². The molecule has 2 N–H and O–H groups in total. The van der Waals surface area contributed by atoms with Gasteiger partial charge in [-0.25, -0.2) is 18.1 Å². The van der Waals surface area contributed by atoms with Crippen LogP contribution >= 0.6 is 0 Å². The van der Waals surface area contributed by atoms with Crippen molar-refractivity contribution in [2.75, 3.05) is 11.9 Å². The molecule has 7 nitrogen and oxygen atoms in total. The Labute approximate surface area is 192 Å². The summed E-state index contributed by atoms with van der Waals surface area (Å²) in [4.78, 5) is 17.1. The molecular weight excluding hydrogens is 438 g/mol. The Kier molecular flexibility index (Phi) is 6.86. The van der Waals surface area contributed by atoms with Gasteiger partial charge in [0.1, 0.15) is 5.52 Å². The lowest BCUT2D eigenvalue weighted by Crippen LogP contribution is -2.26. The molecule has 0 atom stereocenters. The Hall–Kier alpha value is -3.49. The fourth-order valence-corrected chi connectivity index (χ4v) is 4.48. The first kappa shape index (κ1) is 22.7. The first-order valence-corrected chi connectivity index (χ1v) is 12.3. The van der Waals surface area contributed by atoms with E-state index in [1.807, 2.05) is 42.5 Å². The molecule has 0 fully saturated rings. The molecule has 0 aliphatic rings. The van der Waals surface area contributed by atoms with Gasteiger partial charge < -0.3 is 9.73 Å². The molecule has 4 aromatic rings. The summed E-state index contributed by atoms with van der Waals surface area (Å²) in [6, 6.07) is 21.1. The molecule has 1 amide bonds. The van der Waals surface area contributed by atoms with Crippen molar-refractivity contribution in [3.05, 3.63) is 89.8 Å². The summed E-state index contributed by atoms with van der Waals surface area (Å²) in [6.07, 6.45) is 2.21. The summed E-state index contributed by atoms with van der Waals surface area (Å²) in [7, 11) is -3.61. The van der Waals surface area contributed by atoms with E-state index < -0.39 is 10.0 Å². The zero-order chi connectivity index (χ0) is 23.3. The highest BCUT2D eigenvalue weighted by atomic mass is 32.2. The van der Waals surface area contributed by atoms with E-state index in [0.717, 1.165) is 18.4 Å². The van der Waals surface area contributed by atoms with Gasteiger partial charge in [-0.2, -0.15) is 0 Å². The molecule has 0 radical (unpaired) electrons. The number of sulfonamides is 1. The number of hydrogen-bond donors (Lipinski definition) is 2. The molecule has 170 valence electrons. The number of oxazole rings is 1. The molecule has 1 heterocycles. The van der Waals surface area contributed by atoms with E-state index in [-0.39, 0.29) is 23.8 Å². The van der Waals surface area contributed by atoms with Crippen LogP contribution in [0.3, 0.4) is 0 Å². The van der Waals surface area contributed by atoms with Crippen LogP contribution in [-0.2, 0) is 22.9 Å². The number of rotatable bonds is 9. The van der Waals surface area contributed by atoms with Crippen molar-refractivity contribution in [2.24, 2.45) is 0 Å². The van der Waals surface area contributed by atoms with Gasteiger partial charge in [0.25, 0.3) is 5.91 Å². The van der Waals surface area contributed by atoms with Crippen molar-refractivity contribution in [3.8, 4) is 0 Å². The van der Waals surface area contributed by atoms with Crippen molar-refractivity contribution < 1.29 is 17.6 Å². The van der Waals surface area contributed by atoms with Gasteiger partial charge in [-0.05, 0) is 54.4 Å². The van der Waals surface area contributed by atoms with E-state index in [1.54, 1.807) is 30.3 Å². The molecule has 0 saturated carbocycles. The second-order valence-corrected chi connectivity index (χ2v) is 9.42. The number of aromatic nitrogens is 1. The monoisotopic (exact) mass is 463 g/mol. The topological polar surface area (TPSA) is 101 Å². The number of nitrogens with one attached hydrogen (secondary N) is 2. The third-order valence-corrected chi connectivity index (χ3v) is 6.61. The summed E-state index contributed by atoms with van der Waals surface area (Å²) in [5.74, 6) is 0.150. The second kappa shape index (κ2) is 9.97. The molecule has 4 rings (SSSR count). The standard InChI is InChI=1S/C25H25N3O4S/c1-2-6-18-9-12-21(13-10-18)33(30,31)26-16-15-24-28-22-17-19(11-14-23(22)32-24)25(29)27-20-7-4-3-5-8-20/h3-5,7-14,17,26H,2,6,15-16H2,1H3,(H,27,29). The summed E-state index contributed by atoms with van der Waals surface area (Å²) in [5.41, 5.74) is 3.35. The fourth-order valence-electron chi connectivity index (χ4n) is 3.45. The lowest BCUT2D eigenvalue weighted by atomic mass is 10.1. The average Bonchev–Trinajstić information content (AvgIpc) is 3.22. The van der Waals surface area contributed by atoms with Crippen molar-refractivity contribution in [1.29, 1.82) is 0 Å². The highest BCUT2D eigenvalue weighted by Crippen LogP contribution is 2.19. The minimum atomic E-state index is -3.61. The Morgan fingerprint density at radius 2 is 1.73 bits per heavy atom. The first-order valence-electron chi connectivity index (χ1n) is 10.8. The second-order valence-electron chi connectivity index (χ2n) is 7.65. The summed E-state index contributed by atoms with van der Waals surface area (Å²) < 4.78 is 33.3. The SMILES string of the molecule is CCCc1ccc(S(=O)(=O)NCCc2nc3cc(C(=O)Nc4ccccc4)ccc3o2)cc1. The Balaban J connectivity index is 1.38.